The Balaban J connectivity index is 1.27. The van der Waals surface area contributed by atoms with Gasteiger partial charge in [0.1, 0.15) is 12.3 Å². The molecular weight excluding hydrogens is 418 g/mol. The van der Waals surface area contributed by atoms with Gasteiger partial charge in [0.2, 0.25) is 6.10 Å². The molecule has 2 aliphatic rings. The lowest BCUT2D eigenvalue weighted by molar-refractivity contribution is -0.142. The number of aryl methyl sites for hydroxylation is 2. The quantitative estimate of drug-likeness (QED) is 0.622. The highest BCUT2D eigenvalue weighted by atomic mass is 16.6. The Morgan fingerprint density at radius 3 is 2.24 bits per heavy atom. The van der Waals surface area contributed by atoms with Crippen LogP contribution in [-0.4, -0.2) is 65.1 Å². The highest BCUT2D eigenvalue weighted by Gasteiger charge is 2.34. The second-order valence-corrected chi connectivity index (χ2v) is 8.49. The summed E-state index contributed by atoms with van der Waals surface area (Å²) >= 11 is 0. The Morgan fingerprint density at radius 2 is 1.52 bits per heavy atom. The Morgan fingerprint density at radius 1 is 0.879 bits per heavy atom. The van der Waals surface area contributed by atoms with E-state index in [2.05, 4.69) is 0 Å². The molecule has 0 bridgehead atoms. The molecule has 1 fully saturated rings. The van der Waals surface area contributed by atoms with Crippen LogP contribution in [0.4, 0.5) is 0 Å². The lowest BCUT2D eigenvalue weighted by Gasteiger charge is -2.37. The third kappa shape index (κ3) is 3.95. The van der Waals surface area contributed by atoms with Crippen molar-refractivity contribution in [2.24, 2.45) is 7.05 Å². The number of hydrogen-bond donors (Lipinski definition) is 0. The molecule has 0 aliphatic carbocycles. The van der Waals surface area contributed by atoms with Crippen molar-refractivity contribution >= 4 is 11.8 Å². The Bertz CT molecular complexity index is 1180. The van der Waals surface area contributed by atoms with E-state index >= 15 is 0 Å². The van der Waals surface area contributed by atoms with Gasteiger partial charge in [-0.25, -0.2) is 0 Å². The van der Waals surface area contributed by atoms with Crippen molar-refractivity contribution < 1.29 is 19.1 Å². The van der Waals surface area contributed by atoms with E-state index < -0.39 is 6.10 Å². The van der Waals surface area contributed by atoms with Gasteiger partial charge < -0.3 is 23.8 Å². The zero-order chi connectivity index (χ0) is 22.9. The number of aromatic nitrogens is 1. The summed E-state index contributed by atoms with van der Waals surface area (Å²) in [5, 5.41) is 0. The first-order valence-electron chi connectivity index (χ1n) is 11.2. The van der Waals surface area contributed by atoms with Crippen molar-refractivity contribution in [1.82, 2.24) is 14.4 Å². The maximum absolute atomic E-state index is 13.5. The number of ether oxygens (including phenoxy) is 2. The van der Waals surface area contributed by atoms with E-state index in [-0.39, 0.29) is 18.4 Å². The lowest BCUT2D eigenvalue weighted by atomic mass is 10.0. The summed E-state index contributed by atoms with van der Waals surface area (Å²) in [6, 6.07) is 17.4. The maximum atomic E-state index is 13.5. The number of carbonyl (C=O) groups excluding carboxylic acids is 2. The SMILES string of the molecule is Cc1cn(C)c(C(=O)N2CCN(C(=O)C3COc4ccccc4O3)CC2)c1-c1ccccc1. The predicted octanol–water partition coefficient (Wildman–Crippen LogP) is 3.12. The predicted molar refractivity (Wildman–Crippen MR) is 124 cm³/mol. The third-order valence-electron chi connectivity index (χ3n) is 6.30. The molecule has 0 radical (unpaired) electrons. The van der Waals surface area contributed by atoms with Crippen LogP contribution in [0, 0.1) is 6.92 Å². The molecule has 1 unspecified atom stereocenters. The number of nitrogens with zero attached hydrogens (tertiary/aromatic N) is 3. The van der Waals surface area contributed by atoms with Gasteiger partial charge in [-0.15, -0.1) is 0 Å². The van der Waals surface area contributed by atoms with Gasteiger partial charge in [0.05, 0.1) is 0 Å². The summed E-state index contributed by atoms with van der Waals surface area (Å²) in [6.07, 6.45) is 1.33. The molecule has 0 saturated carbocycles. The second-order valence-electron chi connectivity index (χ2n) is 8.49. The number of piperazine rings is 1. The largest absolute Gasteiger partial charge is 0.485 e. The molecule has 1 saturated heterocycles. The van der Waals surface area contributed by atoms with Crippen LogP contribution < -0.4 is 9.47 Å². The molecule has 2 amide bonds. The molecule has 0 N–H and O–H groups in total. The molecular formula is C26H27N3O4. The first kappa shape index (κ1) is 21.1. The van der Waals surface area contributed by atoms with Gasteiger partial charge in [-0.3, -0.25) is 9.59 Å². The summed E-state index contributed by atoms with van der Waals surface area (Å²) in [7, 11) is 1.91. The average molecular weight is 446 g/mol. The molecule has 7 heteroatoms. The number of para-hydroxylation sites is 2. The highest BCUT2D eigenvalue weighted by Crippen LogP contribution is 2.32. The molecule has 2 aromatic carbocycles. The minimum Gasteiger partial charge on any atom is -0.485 e. The number of carbonyl (C=O) groups is 2. The third-order valence-corrected chi connectivity index (χ3v) is 6.30. The van der Waals surface area contributed by atoms with E-state index in [4.69, 9.17) is 9.47 Å². The molecule has 0 spiro atoms. The van der Waals surface area contributed by atoms with Crippen molar-refractivity contribution in [1.29, 1.82) is 0 Å². The van der Waals surface area contributed by atoms with Crippen LogP contribution in [0.3, 0.4) is 0 Å². The van der Waals surface area contributed by atoms with Crippen LogP contribution in [-0.2, 0) is 11.8 Å². The van der Waals surface area contributed by atoms with E-state index in [0.29, 0.717) is 43.4 Å². The molecule has 7 nitrogen and oxygen atoms in total. The molecule has 3 aromatic rings. The molecule has 33 heavy (non-hydrogen) atoms. The van der Waals surface area contributed by atoms with Crippen LogP contribution in [0.1, 0.15) is 16.1 Å². The van der Waals surface area contributed by atoms with E-state index in [1.807, 2.05) is 78.2 Å². The van der Waals surface area contributed by atoms with E-state index in [9.17, 15) is 9.59 Å². The zero-order valence-corrected chi connectivity index (χ0v) is 18.9. The first-order chi connectivity index (χ1) is 16.0. The monoisotopic (exact) mass is 445 g/mol. The average Bonchev–Trinajstić information content (AvgIpc) is 3.16. The minimum absolute atomic E-state index is 0.0114. The Kier molecular flexibility index (Phi) is 5.54. The first-order valence-corrected chi connectivity index (χ1v) is 11.2. The van der Waals surface area contributed by atoms with Crippen molar-refractivity contribution in [2.75, 3.05) is 32.8 Å². The summed E-state index contributed by atoms with van der Waals surface area (Å²) in [4.78, 5) is 30.1. The number of benzene rings is 2. The number of hydrogen-bond acceptors (Lipinski definition) is 4. The molecule has 1 aromatic heterocycles. The fourth-order valence-corrected chi connectivity index (χ4v) is 4.63. The summed E-state index contributed by atoms with van der Waals surface area (Å²) < 4.78 is 13.5. The lowest BCUT2D eigenvalue weighted by Crippen LogP contribution is -2.55. The Labute approximate surface area is 193 Å². The van der Waals surface area contributed by atoms with Gasteiger partial charge in [0.15, 0.2) is 11.5 Å². The van der Waals surface area contributed by atoms with E-state index in [1.54, 1.807) is 11.0 Å². The summed E-state index contributed by atoms with van der Waals surface area (Å²) in [6.45, 7) is 4.12. The van der Waals surface area contributed by atoms with Crippen LogP contribution in [0.2, 0.25) is 0 Å². The fourth-order valence-electron chi connectivity index (χ4n) is 4.63. The minimum atomic E-state index is -0.664. The number of fused-ring (bicyclic) bond motifs is 1. The van der Waals surface area contributed by atoms with Gasteiger partial charge in [-0.2, -0.15) is 0 Å². The molecule has 5 rings (SSSR count). The van der Waals surface area contributed by atoms with Gasteiger partial charge in [-0.1, -0.05) is 42.5 Å². The maximum Gasteiger partial charge on any atom is 0.271 e. The van der Waals surface area contributed by atoms with Crippen molar-refractivity contribution in [3.63, 3.8) is 0 Å². The van der Waals surface area contributed by atoms with Crippen molar-refractivity contribution in [3.8, 4) is 22.6 Å². The molecule has 3 heterocycles. The van der Waals surface area contributed by atoms with Gasteiger partial charge >= 0.3 is 0 Å². The standard InChI is InChI=1S/C26H27N3O4/c1-18-16-27(2)24(23(18)19-8-4-3-5-9-19)26(31)29-14-12-28(13-15-29)25(30)22-17-32-20-10-6-7-11-21(20)33-22/h3-11,16,22H,12-15,17H2,1-2H3. The second kappa shape index (κ2) is 8.65. The van der Waals surface area contributed by atoms with Gasteiger partial charge in [0, 0.05) is 45.0 Å². The van der Waals surface area contributed by atoms with Crippen LogP contribution in [0.15, 0.2) is 60.8 Å². The number of rotatable bonds is 3. The van der Waals surface area contributed by atoms with Gasteiger partial charge in [0.25, 0.3) is 11.8 Å². The highest BCUT2D eigenvalue weighted by molar-refractivity contribution is 6.00. The van der Waals surface area contributed by atoms with Crippen molar-refractivity contribution in [2.45, 2.75) is 13.0 Å². The van der Waals surface area contributed by atoms with Crippen LogP contribution >= 0.6 is 0 Å². The summed E-state index contributed by atoms with van der Waals surface area (Å²) in [5.41, 5.74) is 3.74. The van der Waals surface area contributed by atoms with Gasteiger partial charge in [-0.05, 0) is 30.2 Å². The van der Waals surface area contributed by atoms with Crippen LogP contribution in [0.5, 0.6) is 11.5 Å². The van der Waals surface area contributed by atoms with E-state index in [1.165, 1.54) is 0 Å². The zero-order valence-electron chi connectivity index (χ0n) is 18.9. The molecule has 1 atom stereocenters. The van der Waals surface area contributed by atoms with Crippen LogP contribution in [0.25, 0.3) is 11.1 Å². The molecule has 170 valence electrons. The van der Waals surface area contributed by atoms with E-state index in [0.717, 1.165) is 16.7 Å². The Hall–Kier alpha value is -3.74. The summed E-state index contributed by atoms with van der Waals surface area (Å²) in [5.74, 6) is 1.13. The normalized spacial score (nSPS) is 17.7. The fraction of sp³-hybridized carbons (Fsp3) is 0.308. The smallest absolute Gasteiger partial charge is 0.271 e. The molecule has 2 aliphatic heterocycles. The van der Waals surface area contributed by atoms with Crippen molar-refractivity contribution in [3.05, 3.63) is 72.1 Å². The number of amides is 2. The topological polar surface area (TPSA) is 64.0 Å².